The van der Waals surface area contributed by atoms with Gasteiger partial charge in [0.2, 0.25) is 0 Å². The average molecular weight is 276 g/mol. The van der Waals surface area contributed by atoms with Gasteiger partial charge in [-0.1, -0.05) is 0 Å². The fourth-order valence-electron chi connectivity index (χ4n) is 1.49. The minimum absolute atomic E-state index is 0.209. The highest BCUT2D eigenvalue weighted by molar-refractivity contribution is 9.10. The van der Waals surface area contributed by atoms with Crippen molar-refractivity contribution in [2.45, 2.75) is 32.4 Å². The van der Waals surface area contributed by atoms with Crippen LogP contribution in [0.15, 0.2) is 21.2 Å². The summed E-state index contributed by atoms with van der Waals surface area (Å²) < 4.78 is 11.4. The fourth-order valence-corrected chi connectivity index (χ4v) is 2.04. The molecule has 0 aliphatic carbocycles. The van der Waals surface area contributed by atoms with Crippen molar-refractivity contribution in [3.8, 4) is 0 Å². The summed E-state index contributed by atoms with van der Waals surface area (Å²) in [6.45, 7) is 5.01. The molecule has 15 heavy (non-hydrogen) atoms. The van der Waals surface area contributed by atoms with Crippen LogP contribution in [0.25, 0.3) is 0 Å². The predicted molar refractivity (Wildman–Crippen MR) is 63.9 cm³/mol. The molecule has 1 N–H and O–H groups in total. The highest BCUT2D eigenvalue weighted by Crippen LogP contribution is 2.24. The van der Waals surface area contributed by atoms with Gasteiger partial charge in [0.05, 0.1) is 16.8 Å². The number of furan rings is 1. The Balaban J connectivity index is 2.42. The normalized spacial score (nSPS) is 15.2. The second kappa shape index (κ2) is 6.30. The van der Waals surface area contributed by atoms with Gasteiger partial charge in [0.1, 0.15) is 5.76 Å². The summed E-state index contributed by atoms with van der Waals surface area (Å²) in [6, 6.07) is 2.53. The van der Waals surface area contributed by atoms with E-state index in [2.05, 4.69) is 35.1 Å². The van der Waals surface area contributed by atoms with E-state index >= 15 is 0 Å². The van der Waals surface area contributed by atoms with Gasteiger partial charge in [0.15, 0.2) is 0 Å². The van der Waals surface area contributed by atoms with Crippen molar-refractivity contribution in [3.05, 3.63) is 22.6 Å². The third-order valence-electron chi connectivity index (χ3n) is 2.33. The van der Waals surface area contributed by atoms with Crippen molar-refractivity contribution in [3.63, 3.8) is 0 Å². The second-order valence-corrected chi connectivity index (χ2v) is 4.56. The van der Waals surface area contributed by atoms with Crippen molar-refractivity contribution in [2.24, 2.45) is 0 Å². The SMILES string of the molecule is COCCC(C)NC(C)c1occc1Br. The number of hydrogen-bond donors (Lipinski definition) is 1. The van der Waals surface area contributed by atoms with Crippen LogP contribution >= 0.6 is 15.9 Å². The molecule has 86 valence electrons. The number of methoxy groups -OCH3 is 1. The van der Waals surface area contributed by atoms with Crippen LogP contribution in [0.2, 0.25) is 0 Å². The second-order valence-electron chi connectivity index (χ2n) is 3.70. The summed E-state index contributed by atoms with van der Waals surface area (Å²) >= 11 is 3.45. The zero-order chi connectivity index (χ0) is 11.3. The van der Waals surface area contributed by atoms with Gasteiger partial charge in [-0.05, 0) is 42.3 Å². The quantitative estimate of drug-likeness (QED) is 0.866. The van der Waals surface area contributed by atoms with Crippen LogP contribution in [0.3, 0.4) is 0 Å². The highest BCUT2D eigenvalue weighted by atomic mass is 79.9. The van der Waals surface area contributed by atoms with E-state index in [1.807, 2.05) is 6.07 Å². The molecule has 1 rings (SSSR count). The lowest BCUT2D eigenvalue weighted by Gasteiger charge is -2.18. The molecule has 0 spiro atoms. The minimum Gasteiger partial charge on any atom is -0.466 e. The van der Waals surface area contributed by atoms with E-state index < -0.39 is 0 Å². The minimum atomic E-state index is 0.209. The molecule has 3 nitrogen and oxygen atoms in total. The van der Waals surface area contributed by atoms with E-state index in [0.717, 1.165) is 23.3 Å². The van der Waals surface area contributed by atoms with Crippen molar-refractivity contribution >= 4 is 15.9 Å². The molecule has 1 aromatic rings. The van der Waals surface area contributed by atoms with Gasteiger partial charge in [0.25, 0.3) is 0 Å². The number of rotatable bonds is 6. The summed E-state index contributed by atoms with van der Waals surface area (Å²) in [5, 5.41) is 3.45. The maximum Gasteiger partial charge on any atom is 0.134 e. The molecular weight excluding hydrogens is 258 g/mol. The Bertz CT molecular complexity index is 288. The van der Waals surface area contributed by atoms with Gasteiger partial charge < -0.3 is 14.5 Å². The molecule has 0 aliphatic heterocycles. The molecule has 2 unspecified atom stereocenters. The first-order valence-electron chi connectivity index (χ1n) is 5.13. The smallest absolute Gasteiger partial charge is 0.134 e. The number of nitrogens with one attached hydrogen (secondary N) is 1. The molecule has 0 saturated heterocycles. The first-order valence-corrected chi connectivity index (χ1v) is 5.92. The third kappa shape index (κ3) is 3.97. The predicted octanol–water partition coefficient (Wildman–Crippen LogP) is 3.12. The Kier molecular flexibility index (Phi) is 5.36. The standard InChI is InChI=1S/C11H18BrNO2/c1-8(4-6-14-3)13-9(2)11-10(12)5-7-15-11/h5,7-9,13H,4,6H2,1-3H3. The molecule has 0 amide bonds. The Morgan fingerprint density at radius 2 is 2.27 bits per heavy atom. The Hall–Kier alpha value is -0.320. The van der Waals surface area contributed by atoms with Gasteiger partial charge in [-0.15, -0.1) is 0 Å². The van der Waals surface area contributed by atoms with Crippen molar-refractivity contribution in [1.29, 1.82) is 0 Å². The Labute approximate surface area is 99.3 Å². The van der Waals surface area contributed by atoms with Crippen LogP contribution in [-0.2, 0) is 4.74 Å². The van der Waals surface area contributed by atoms with Crippen LogP contribution in [0.5, 0.6) is 0 Å². The molecule has 2 atom stereocenters. The van der Waals surface area contributed by atoms with E-state index in [-0.39, 0.29) is 6.04 Å². The summed E-state index contributed by atoms with van der Waals surface area (Å²) in [7, 11) is 1.72. The lowest BCUT2D eigenvalue weighted by molar-refractivity contribution is 0.182. The van der Waals surface area contributed by atoms with Gasteiger partial charge in [-0.3, -0.25) is 0 Å². The van der Waals surface area contributed by atoms with E-state index in [0.29, 0.717) is 6.04 Å². The number of hydrogen-bond acceptors (Lipinski definition) is 3. The Morgan fingerprint density at radius 3 is 2.80 bits per heavy atom. The molecule has 0 saturated carbocycles. The van der Waals surface area contributed by atoms with Gasteiger partial charge in [-0.2, -0.15) is 0 Å². The number of halogens is 1. The topological polar surface area (TPSA) is 34.4 Å². The summed E-state index contributed by atoms with van der Waals surface area (Å²) in [6.07, 6.45) is 2.69. The lowest BCUT2D eigenvalue weighted by atomic mass is 10.2. The van der Waals surface area contributed by atoms with Crippen LogP contribution in [-0.4, -0.2) is 19.8 Å². The first kappa shape index (κ1) is 12.7. The lowest BCUT2D eigenvalue weighted by Crippen LogP contribution is -2.29. The summed E-state index contributed by atoms with van der Waals surface area (Å²) in [5.41, 5.74) is 0. The van der Waals surface area contributed by atoms with Crippen LogP contribution in [0.1, 0.15) is 32.1 Å². The number of ether oxygens (including phenoxy) is 1. The van der Waals surface area contributed by atoms with E-state index in [1.165, 1.54) is 0 Å². The molecule has 0 fully saturated rings. The summed E-state index contributed by atoms with van der Waals surface area (Å²) in [4.78, 5) is 0. The van der Waals surface area contributed by atoms with E-state index in [1.54, 1.807) is 13.4 Å². The maximum atomic E-state index is 5.39. The van der Waals surface area contributed by atoms with Crippen molar-refractivity contribution in [2.75, 3.05) is 13.7 Å². The molecule has 0 bridgehead atoms. The zero-order valence-electron chi connectivity index (χ0n) is 9.42. The van der Waals surface area contributed by atoms with E-state index in [9.17, 15) is 0 Å². The van der Waals surface area contributed by atoms with Gasteiger partial charge >= 0.3 is 0 Å². The monoisotopic (exact) mass is 275 g/mol. The van der Waals surface area contributed by atoms with E-state index in [4.69, 9.17) is 9.15 Å². The van der Waals surface area contributed by atoms with Crippen molar-refractivity contribution < 1.29 is 9.15 Å². The fraction of sp³-hybridized carbons (Fsp3) is 0.636. The van der Waals surface area contributed by atoms with Crippen LogP contribution in [0, 0.1) is 0 Å². The molecule has 0 aromatic carbocycles. The maximum absolute atomic E-state index is 5.39. The average Bonchev–Trinajstić information content (AvgIpc) is 2.61. The highest BCUT2D eigenvalue weighted by Gasteiger charge is 2.14. The first-order chi connectivity index (χ1) is 7.15. The third-order valence-corrected chi connectivity index (χ3v) is 2.98. The molecule has 4 heteroatoms. The molecule has 1 aromatic heterocycles. The molecule has 0 aliphatic rings. The Morgan fingerprint density at radius 1 is 1.53 bits per heavy atom. The molecular formula is C11H18BrNO2. The summed E-state index contributed by atoms with van der Waals surface area (Å²) in [5.74, 6) is 0.944. The molecule has 0 radical (unpaired) electrons. The molecule has 1 heterocycles. The zero-order valence-corrected chi connectivity index (χ0v) is 11.0. The van der Waals surface area contributed by atoms with Gasteiger partial charge in [0, 0.05) is 19.8 Å². The van der Waals surface area contributed by atoms with Gasteiger partial charge in [-0.25, -0.2) is 0 Å². The largest absolute Gasteiger partial charge is 0.466 e. The van der Waals surface area contributed by atoms with Crippen molar-refractivity contribution in [1.82, 2.24) is 5.32 Å². The van der Waals surface area contributed by atoms with Crippen LogP contribution in [0.4, 0.5) is 0 Å². The van der Waals surface area contributed by atoms with Crippen LogP contribution < -0.4 is 5.32 Å².